The summed E-state index contributed by atoms with van der Waals surface area (Å²) in [5.74, 6) is 2.12. The van der Waals surface area contributed by atoms with Gasteiger partial charge in [-0.2, -0.15) is 0 Å². The number of anilines is 1. The fourth-order valence-corrected chi connectivity index (χ4v) is 2.97. The number of ether oxygens (including phenoxy) is 1. The monoisotopic (exact) mass is 328 g/mol. The molecule has 2 heterocycles. The van der Waals surface area contributed by atoms with Crippen molar-refractivity contribution in [1.82, 2.24) is 4.98 Å². The van der Waals surface area contributed by atoms with E-state index in [2.05, 4.69) is 18.8 Å². The van der Waals surface area contributed by atoms with Gasteiger partial charge in [0.2, 0.25) is 0 Å². The van der Waals surface area contributed by atoms with Crippen LogP contribution in [0.3, 0.4) is 0 Å². The molecule has 0 aliphatic heterocycles. The average molecular weight is 328 g/mol. The summed E-state index contributed by atoms with van der Waals surface area (Å²) in [6, 6.07) is 9.58. The number of thiazole rings is 1. The molecule has 2 N–H and O–H groups in total. The van der Waals surface area contributed by atoms with E-state index in [1.54, 1.807) is 17.6 Å². The summed E-state index contributed by atoms with van der Waals surface area (Å²) in [5.41, 5.74) is 8.58. The fraction of sp³-hybridized carbons (Fsp3) is 0.278. The van der Waals surface area contributed by atoms with Crippen molar-refractivity contribution >= 4 is 17.0 Å². The van der Waals surface area contributed by atoms with E-state index in [1.807, 2.05) is 35.7 Å². The van der Waals surface area contributed by atoms with Gasteiger partial charge in [0.05, 0.1) is 18.6 Å². The van der Waals surface area contributed by atoms with E-state index in [9.17, 15) is 0 Å². The van der Waals surface area contributed by atoms with Crippen molar-refractivity contribution in [1.29, 1.82) is 0 Å². The Morgan fingerprint density at radius 2 is 2.17 bits per heavy atom. The highest BCUT2D eigenvalue weighted by Gasteiger charge is 2.10. The predicted molar refractivity (Wildman–Crippen MR) is 94.6 cm³/mol. The van der Waals surface area contributed by atoms with Crippen molar-refractivity contribution in [3.8, 4) is 27.8 Å². The van der Waals surface area contributed by atoms with E-state index in [4.69, 9.17) is 14.9 Å². The molecule has 3 aromatic rings. The highest BCUT2D eigenvalue weighted by Crippen LogP contribution is 2.33. The molecule has 1 aromatic carbocycles. The van der Waals surface area contributed by atoms with E-state index in [-0.39, 0.29) is 0 Å². The minimum Gasteiger partial charge on any atom is -0.491 e. The molecule has 0 amide bonds. The van der Waals surface area contributed by atoms with Crippen LogP contribution in [0.15, 0.2) is 46.4 Å². The third-order valence-corrected chi connectivity index (χ3v) is 4.38. The maximum absolute atomic E-state index is 6.11. The number of hydrogen-bond acceptors (Lipinski definition) is 5. The first-order valence-electron chi connectivity index (χ1n) is 7.65. The van der Waals surface area contributed by atoms with Gasteiger partial charge in [-0.25, -0.2) is 4.98 Å². The van der Waals surface area contributed by atoms with Crippen LogP contribution >= 0.6 is 11.3 Å². The van der Waals surface area contributed by atoms with Crippen LogP contribution in [0.5, 0.6) is 5.75 Å². The van der Waals surface area contributed by atoms with Crippen molar-refractivity contribution in [3.05, 3.63) is 42.0 Å². The molecule has 23 heavy (non-hydrogen) atoms. The first kappa shape index (κ1) is 15.6. The van der Waals surface area contributed by atoms with Crippen molar-refractivity contribution in [2.24, 2.45) is 5.92 Å². The van der Waals surface area contributed by atoms with Gasteiger partial charge < -0.3 is 14.9 Å². The van der Waals surface area contributed by atoms with Crippen molar-refractivity contribution < 1.29 is 9.15 Å². The topological polar surface area (TPSA) is 61.3 Å². The summed E-state index contributed by atoms with van der Waals surface area (Å²) in [4.78, 5) is 4.61. The van der Waals surface area contributed by atoms with Crippen LogP contribution in [0, 0.1) is 5.92 Å². The number of nitrogens with zero attached hydrogens (tertiary/aromatic N) is 1. The third-order valence-electron chi connectivity index (χ3n) is 3.49. The molecule has 0 atom stereocenters. The molecular weight excluding hydrogens is 308 g/mol. The van der Waals surface area contributed by atoms with Gasteiger partial charge in [0.15, 0.2) is 5.76 Å². The maximum atomic E-state index is 6.11. The van der Waals surface area contributed by atoms with Crippen LogP contribution < -0.4 is 10.5 Å². The summed E-state index contributed by atoms with van der Waals surface area (Å²) < 4.78 is 11.1. The molecule has 0 radical (unpaired) electrons. The van der Waals surface area contributed by atoms with Crippen LogP contribution in [-0.2, 0) is 0 Å². The molecule has 0 fully saturated rings. The number of benzene rings is 1. The molecular formula is C18H20N2O2S. The second kappa shape index (κ2) is 6.87. The molecule has 0 unspecified atom stereocenters. The highest BCUT2D eigenvalue weighted by atomic mass is 32.1. The van der Waals surface area contributed by atoms with E-state index < -0.39 is 0 Å². The Morgan fingerprint density at radius 1 is 1.30 bits per heavy atom. The third kappa shape index (κ3) is 3.74. The first-order valence-corrected chi connectivity index (χ1v) is 8.53. The van der Waals surface area contributed by atoms with Gasteiger partial charge in [0.1, 0.15) is 16.5 Å². The van der Waals surface area contributed by atoms with E-state index in [1.165, 1.54) is 0 Å². The van der Waals surface area contributed by atoms with Crippen LogP contribution in [0.25, 0.3) is 22.0 Å². The average Bonchev–Trinajstić information content (AvgIpc) is 3.19. The van der Waals surface area contributed by atoms with Gasteiger partial charge in [-0.05, 0) is 42.7 Å². The van der Waals surface area contributed by atoms with Crippen molar-refractivity contribution in [2.75, 3.05) is 12.3 Å². The Balaban J connectivity index is 1.75. The molecule has 120 valence electrons. The summed E-state index contributed by atoms with van der Waals surface area (Å²) >= 11 is 1.57. The van der Waals surface area contributed by atoms with Gasteiger partial charge in [0, 0.05) is 10.9 Å². The number of nitrogens with two attached hydrogens (primary N) is 1. The molecule has 0 saturated heterocycles. The Kier molecular flexibility index (Phi) is 4.67. The standard InChI is InChI=1S/C18H20N2O2S/c1-12(2)7-9-22-16-6-5-13(10-14(16)19)18-20-15(11-23-18)17-4-3-8-21-17/h3-6,8,10-12H,7,9,19H2,1-2H3. The molecule has 4 nitrogen and oxygen atoms in total. The highest BCUT2D eigenvalue weighted by molar-refractivity contribution is 7.13. The van der Waals surface area contributed by atoms with Crippen LogP contribution in [0.4, 0.5) is 5.69 Å². The lowest BCUT2D eigenvalue weighted by molar-refractivity contribution is 0.291. The summed E-state index contributed by atoms with van der Waals surface area (Å²) in [5, 5.41) is 2.90. The van der Waals surface area contributed by atoms with Gasteiger partial charge in [-0.15, -0.1) is 11.3 Å². The van der Waals surface area contributed by atoms with E-state index >= 15 is 0 Å². The molecule has 0 aliphatic rings. The SMILES string of the molecule is CC(C)CCOc1ccc(-c2nc(-c3ccco3)cs2)cc1N. The zero-order valence-corrected chi connectivity index (χ0v) is 14.1. The zero-order chi connectivity index (χ0) is 16.2. The Morgan fingerprint density at radius 3 is 2.87 bits per heavy atom. The van der Waals surface area contributed by atoms with Gasteiger partial charge >= 0.3 is 0 Å². The number of nitrogen functional groups attached to an aromatic ring is 1. The predicted octanol–water partition coefficient (Wildman–Crippen LogP) is 5.08. The quantitative estimate of drug-likeness (QED) is 0.641. The van der Waals surface area contributed by atoms with Gasteiger partial charge in [-0.3, -0.25) is 0 Å². The van der Waals surface area contributed by atoms with E-state index in [0.717, 1.165) is 34.2 Å². The number of rotatable bonds is 6. The molecule has 2 aromatic heterocycles. The lowest BCUT2D eigenvalue weighted by Crippen LogP contribution is -2.03. The largest absolute Gasteiger partial charge is 0.491 e. The summed E-state index contributed by atoms with van der Waals surface area (Å²) in [6.07, 6.45) is 2.66. The number of aromatic nitrogens is 1. The lowest BCUT2D eigenvalue weighted by Gasteiger charge is -2.11. The summed E-state index contributed by atoms with van der Waals surface area (Å²) in [7, 11) is 0. The van der Waals surface area contributed by atoms with Crippen molar-refractivity contribution in [2.45, 2.75) is 20.3 Å². The molecule has 0 aliphatic carbocycles. The Hall–Kier alpha value is -2.27. The van der Waals surface area contributed by atoms with Crippen LogP contribution in [-0.4, -0.2) is 11.6 Å². The van der Waals surface area contributed by atoms with Gasteiger partial charge in [0.25, 0.3) is 0 Å². The van der Waals surface area contributed by atoms with Crippen LogP contribution in [0.2, 0.25) is 0 Å². The number of furan rings is 1. The molecule has 0 spiro atoms. The molecule has 5 heteroatoms. The van der Waals surface area contributed by atoms with Crippen molar-refractivity contribution in [3.63, 3.8) is 0 Å². The molecule has 0 bridgehead atoms. The first-order chi connectivity index (χ1) is 11.1. The fourth-order valence-electron chi connectivity index (χ4n) is 2.16. The second-order valence-corrected chi connectivity index (χ2v) is 6.66. The molecule has 0 saturated carbocycles. The Bertz CT molecular complexity index is 763. The van der Waals surface area contributed by atoms with E-state index in [0.29, 0.717) is 18.2 Å². The minimum absolute atomic E-state index is 0.617. The molecule has 3 rings (SSSR count). The zero-order valence-electron chi connectivity index (χ0n) is 13.3. The normalized spacial score (nSPS) is 11.1. The van der Waals surface area contributed by atoms with Crippen LogP contribution in [0.1, 0.15) is 20.3 Å². The smallest absolute Gasteiger partial charge is 0.153 e. The lowest BCUT2D eigenvalue weighted by atomic mass is 10.1. The second-order valence-electron chi connectivity index (χ2n) is 5.80. The minimum atomic E-state index is 0.617. The Labute approximate surface area is 139 Å². The van der Waals surface area contributed by atoms with Gasteiger partial charge in [-0.1, -0.05) is 13.8 Å². The summed E-state index contributed by atoms with van der Waals surface area (Å²) in [6.45, 7) is 5.03. The number of hydrogen-bond donors (Lipinski definition) is 1. The maximum Gasteiger partial charge on any atom is 0.153 e.